The van der Waals surface area contributed by atoms with E-state index in [0.29, 0.717) is 30.1 Å². The molecule has 0 fully saturated rings. The molecule has 0 bridgehead atoms. The van der Waals surface area contributed by atoms with E-state index in [-0.39, 0.29) is 18.0 Å². The van der Waals surface area contributed by atoms with Crippen LogP contribution < -0.4 is 15.7 Å². The highest BCUT2D eigenvalue weighted by Gasteiger charge is 2.23. The lowest BCUT2D eigenvalue weighted by molar-refractivity contribution is -0.115. The highest BCUT2D eigenvalue weighted by Crippen LogP contribution is 2.24. The minimum absolute atomic E-state index is 0.201. The molecule has 0 unspecified atom stereocenters. The Bertz CT molecular complexity index is 1290. The van der Waals surface area contributed by atoms with Gasteiger partial charge in [-0.15, -0.1) is 11.3 Å². The van der Waals surface area contributed by atoms with Crippen molar-refractivity contribution in [1.29, 1.82) is 0 Å². The SMILES string of the molecule is COc1ccc(-n2c(O)c(CC(=O)Nc3ccc(F)cc3)n(CCc3cccs3)c2=O)cc1. The second kappa shape index (κ2) is 9.74. The van der Waals surface area contributed by atoms with Crippen molar-refractivity contribution < 1.29 is 19.0 Å². The third-order valence-electron chi connectivity index (χ3n) is 5.17. The molecule has 0 atom stereocenters. The van der Waals surface area contributed by atoms with Crippen LogP contribution in [0.25, 0.3) is 5.69 Å². The van der Waals surface area contributed by atoms with Crippen molar-refractivity contribution in [3.8, 4) is 17.3 Å². The van der Waals surface area contributed by atoms with Crippen molar-refractivity contribution in [3.05, 3.63) is 92.9 Å². The number of amides is 1. The van der Waals surface area contributed by atoms with Crippen molar-refractivity contribution in [1.82, 2.24) is 9.13 Å². The number of carbonyl (C=O) groups excluding carboxylic acids is 1. The second-order valence-electron chi connectivity index (χ2n) is 7.30. The molecule has 0 spiro atoms. The standard InChI is InChI=1S/C24H22FN3O4S/c1-32-19-10-8-18(9-11-19)28-23(30)21(15-22(29)26-17-6-4-16(25)5-7-17)27(24(28)31)13-12-20-3-2-14-33-20/h2-11,14,30H,12-13,15H2,1H3,(H,26,29). The third-order valence-corrected chi connectivity index (χ3v) is 6.10. The molecule has 4 rings (SSSR count). The normalized spacial score (nSPS) is 10.8. The molecule has 0 aliphatic heterocycles. The van der Waals surface area contributed by atoms with Gasteiger partial charge in [0.15, 0.2) is 0 Å². The molecule has 2 heterocycles. The molecule has 170 valence electrons. The van der Waals surface area contributed by atoms with Gasteiger partial charge in [0, 0.05) is 17.1 Å². The Morgan fingerprint density at radius 1 is 1.12 bits per heavy atom. The summed E-state index contributed by atoms with van der Waals surface area (Å²) in [6.45, 7) is 0.301. The number of ether oxygens (including phenoxy) is 1. The highest BCUT2D eigenvalue weighted by molar-refractivity contribution is 7.09. The predicted octanol–water partition coefficient (Wildman–Crippen LogP) is 3.98. The van der Waals surface area contributed by atoms with Gasteiger partial charge in [-0.05, 0) is 66.4 Å². The average molecular weight is 468 g/mol. The first kappa shape index (κ1) is 22.3. The fourth-order valence-corrected chi connectivity index (χ4v) is 4.21. The van der Waals surface area contributed by atoms with Crippen LogP contribution in [0.1, 0.15) is 10.6 Å². The number of hydrogen-bond donors (Lipinski definition) is 2. The summed E-state index contributed by atoms with van der Waals surface area (Å²) >= 11 is 1.57. The number of nitrogens with zero attached hydrogens (tertiary/aromatic N) is 2. The Morgan fingerprint density at radius 2 is 1.85 bits per heavy atom. The molecular weight excluding hydrogens is 445 g/mol. The molecule has 0 saturated heterocycles. The maximum atomic E-state index is 13.3. The summed E-state index contributed by atoms with van der Waals surface area (Å²) in [6.07, 6.45) is 0.349. The van der Waals surface area contributed by atoms with Crippen LogP contribution >= 0.6 is 11.3 Å². The summed E-state index contributed by atoms with van der Waals surface area (Å²) in [7, 11) is 1.54. The zero-order valence-corrected chi connectivity index (χ0v) is 18.6. The van der Waals surface area contributed by atoms with E-state index in [1.807, 2.05) is 17.5 Å². The largest absolute Gasteiger partial charge is 0.497 e. The van der Waals surface area contributed by atoms with Gasteiger partial charge in [-0.1, -0.05) is 6.07 Å². The molecule has 0 aliphatic rings. The Kier molecular flexibility index (Phi) is 6.60. The number of thiophene rings is 1. The molecule has 2 aromatic carbocycles. The van der Waals surface area contributed by atoms with E-state index >= 15 is 0 Å². The Labute approximate surface area is 193 Å². The first-order chi connectivity index (χ1) is 16.0. The summed E-state index contributed by atoms with van der Waals surface area (Å²) in [4.78, 5) is 27.0. The van der Waals surface area contributed by atoms with Crippen LogP contribution in [0.2, 0.25) is 0 Å². The van der Waals surface area contributed by atoms with Crippen LogP contribution in [0.4, 0.5) is 10.1 Å². The number of imidazole rings is 1. The van der Waals surface area contributed by atoms with Crippen molar-refractivity contribution in [2.45, 2.75) is 19.4 Å². The minimum Gasteiger partial charge on any atom is -0.497 e. The summed E-state index contributed by atoms with van der Waals surface area (Å²) in [5.74, 6) is -0.536. The fourth-order valence-electron chi connectivity index (χ4n) is 3.51. The zero-order chi connectivity index (χ0) is 23.4. The van der Waals surface area contributed by atoms with Crippen molar-refractivity contribution in [3.63, 3.8) is 0 Å². The van der Waals surface area contributed by atoms with E-state index in [2.05, 4.69) is 5.32 Å². The number of methoxy groups -OCH3 is 1. The molecule has 9 heteroatoms. The molecule has 4 aromatic rings. The monoisotopic (exact) mass is 467 g/mol. The van der Waals surface area contributed by atoms with Gasteiger partial charge in [-0.3, -0.25) is 9.36 Å². The lowest BCUT2D eigenvalue weighted by Crippen LogP contribution is -2.26. The summed E-state index contributed by atoms with van der Waals surface area (Å²) < 4.78 is 20.9. The first-order valence-corrected chi connectivity index (χ1v) is 11.1. The van der Waals surface area contributed by atoms with Gasteiger partial charge in [0.2, 0.25) is 11.8 Å². The lowest BCUT2D eigenvalue weighted by Gasteiger charge is -2.08. The number of rotatable bonds is 8. The third kappa shape index (κ3) is 4.98. The number of aromatic hydroxyl groups is 1. The number of aryl methyl sites for hydroxylation is 1. The van der Waals surface area contributed by atoms with Crippen molar-refractivity contribution in [2.75, 3.05) is 12.4 Å². The van der Waals surface area contributed by atoms with E-state index in [4.69, 9.17) is 4.74 Å². The maximum Gasteiger partial charge on any atom is 0.335 e. The number of nitrogens with one attached hydrogen (secondary N) is 1. The molecule has 0 radical (unpaired) electrons. The van der Waals surface area contributed by atoms with Crippen LogP contribution in [-0.2, 0) is 24.2 Å². The minimum atomic E-state index is -0.446. The molecule has 1 amide bonds. The molecule has 0 saturated carbocycles. The topological polar surface area (TPSA) is 85.5 Å². The summed E-state index contributed by atoms with van der Waals surface area (Å²) in [6, 6.07) is 16.0. The fraction of sp³-hybridized carbons (Fsp3) is 0.167. The maximum absolute atomic E-state index is 13.3. The molecule has 2 aromatic heterocycles. The molecular formula is C24H22FN3O4S. The van der Waals surface area contributed by atoms with E-state index in [1.165, 1.54) is 40.5 Å². The van der Waals surface area contributed by atoms with Gasteiger partial charge in [0.1, 0.15) is 11.6 Å². The Balaban J connectivity index is 1.67. The summed E-state index contributed by atoms with van der Waals surface area (Å²) in [5.41, 5.74) is 0.627. The van der Waals surface area contributed by atoms with Crippen molar-refractivity contribution >= 4 is 22.9 Å². The predicted molar refractivity (Wildman–Crippen MR) is 125 cm³/mol. The van der Waals surface area contributed by atoms with Crippen LogP contribution in [-0.4, -0.2) is 27.3 Å². The van der Waals surface area contributed by atoms with E-state index in [0.717, 1.165) is 4.88 Å². The molecule has 33 heavy (non-hydrogen) atoms. The van der Waals surface area contributed by atoms with E-state index in [1.54, 1.807) is 35.6 Å². The Hall–Kier alpha value is -3.85. The number of anilines is 1. The van der Waals surface area contributed by atoms with Crippen LogP contribution in [0.5, 0.6) is 11.6 Å². The molecule has 7 nitrogen and oxygen atoms in total. The zero-order valence-electron chi connectivity index (χ0n) is 17.8. The molecule has 0 aliphatic carbocycles. The smallest absolute Gasteiger partial charge is 0.335 e. The van der Waals surface area contributed by atoms with Gasteiger partial charge in [-0.25, -0.2) is 13.8 Å². The van der Waals surface area contributed by atoms with Gasteiger partial charge in [0.05, 0.1) is 24.9 Å². The number of hydrogen-bond acceptors (Lipinski definition) is 5. The number of carbonyl (C=O) groups is 1. The lowest BCUT2D eigenvalue weighted by atomic mass is 10.2. The number of halogens is 1. The summed E-state index contributed by atoms with van der Waals surface area (Å²) in [5, 5.41) is 15.6. The van der Waals surface area contributed by atoms with Crippen LogP contribution in [0.3, 0.4) is 0 Å². The van der Waals surface area contributed by atoms with Gasteiger partial charge in [-0.2, -0.15) is 0 Å². The quantitative estimate of drug-likeness (QED) is 0.411. The average Bonchev–Trinajstić information content (AvgIpc) is 3.41. The first-order valence-electron chi connectivity index (χ1n) is 10.2. The second-order valence-corrected chi connectivity index (χ2v) is 8.33. The van der Waals surface area contributed by atoms with Gasteiger partial charge < -0.3 is 15.2 Å². The highest BCUT2D eigenvalue weighted by atomic mass is 32.1. The Morgan fingerprint density at radius 3 is 2.48 bits per heavy atom. The van der Waals surface area contributed by atoms with Gasteiger partial charge in [0.25, 0.3) is 0 Å². The van der Waals surface area contributed by atoms with Gasteiger partial charge >= 0.3 is 5.69 Å². The van der Waals surface area contributed by atoms with E-state index < -0.39 is 17.4 Å². The number of benzene rings is 2. The van der Waals surface area contributed by atoms with Crippen LogP contribution in [0, 0.1) is 5.82 Å². The molecule has 2 N–H and O–H groups in total. The van der Waals surface area contributed by atoms with E-state index in [9.17, 15) is 19.1 Å². The van der Waals surface area contributed by atoms with Crippen molar-refractivity contribution in [2.24, 2.45) is 0 Å². The van der Waals surface area contributed by atoms with Crippen LogP contribution in [0.15, 0.2) is 70.8 Å². The number of aromatic nitrogens is 2.